The Hall–Kier alpha value is -1.10. The van der Waals surface area contributed by atoms with Gasteiger partial charge in [0.25, 0.3) is 0 Å². The smallest absolute Gasteiger partial charge is 0.244 e. The Morgan fingerprint density at radius 1 is 1.29 bits per heavy atom. The van der Waals surface area contributed by atoms with Crippen molar-refractivity contribution in [2.75, 3.05) is 24.5 Å². The Balaban J connectivity index is 1.54. The van der Waals surface area contributed by atoms with E-state index in [2.05, 4.69) is 34.3 Å². The summed E-state index contributed by atoms with van der Waals surface area (Å²) in [7, 11) is 0. The van der Waals surface area contributed by atoms with Crippen LogP contribution < -0.4 is 10.2 Å². The monoisotopic (exact) mass is 291 g/mol. The summed E-state index contributed by atoms with van der Waals surface area (Å²) in [6, 6.07) is 0.763. The van der Waals surface area contributed by atoms with Crippen molar-refractivity contribution in [2.45, 2.75) is 64.3 Å². The van der Waals surface area contributed by atoms with Crippen molar-refractivity contribution in [1.29, 1.82) is 0 Å². The highest BCUT2D eigenvalue weighted by molar-refractivity contribution is 5.30. The number of hydrogen-bond donors (Lipinski definition) is 2. The third-order valence-corrected chi connectivity index (χ3v) is 5.17. The molecule has 0 bridgehead atoms. The van der Waals surface area contributed by atoms with E-state index < -0.39 is 0 Å². The molecule has 2 N–H and O–H groups in total. The number of nitrogens with zero attached hydrogens (tertiary/aromatic N) is 3. The van der Waals surface area contributed by atoms with Crippen LogP contribution in [0.2, 0.25) is 0 Å². The van der Waals surface area contributed by atoms with Gasteiger partial charge in [0, 0.05) is 25.0 Å². The van der Waals surface area contributed by atoms with Crippen molar-refractivity contribution in [1.82, 2.24) is 20.5 Å². The lowest BCUT2D eigenvalue weighted by atomic mass is 9.89. The van der Waals surface area contributed by atoms with Gasteiger partial charge in [-0.1, -0.05) is 20.3 Å². The molecule has 0 aromatic carbocycles. The van der Waals surface area contributed by atoms with Crippen LogP contribution in [0, 0.1) is 5.92 Å². The van der Waals surface area contributed by atoms with E-state index in [4.69, 9.17) is 4.98 Å². The van der Waals surface area contributed by atoms with Crippen LogP contribution in [-0.4, -0.2) is 40.9 Å². The van der Waals surface area contributed by atoms with E-state index in [9.17, 15) is 0 Å². The van der Waals surface area contributed by atoms with E-state index in [0.29, 0.717) is 5.92 Å². The molecule has 2 saturated heterocycles. The fraction of sp³-hybridized carbons (Fsp3) is 0.875. The first-order valence-electron chi connectivity index (χ1n) is 8.68. The maximum Gasteiger partial charge on any atom is 0.244 e. The number of hydrogen-bond acceptors (Lipinski definition) is 4. The number of anilines is 1. The summed E-state index contributed by atoms with van der Waals surface area (Å²) in [4.78, 5) is 7.07. The van der Waals surface area contributed by atoms with E-state index in [-0.39, 0.29) is 0 Å². The van der Waals surface area contributed by atoms with E-state index in [1.54, 1.807) is 0 Å². The van der Waals surface area contributed by atoms with Gasteiger partial charge in [0.2, 0.25) is 5.95 Å². The Kier molecular flexibility index (Phi) is 4.78. The van der Waals surface area contributed by atoms with Gasteiger partial charge in [-0.05, 0) is 44.6 Å². The lowest BCUT2D eigenvalue weighted by Crippen LogP contribution is -2.41. The largest absolute Gasteiger partial charge is 0.340 e. The number of aromatic amines is 1. The van der Waals surface area contributed by atoms with Gasteiger partial charge in [0.1, 0.15) is 5.82 Å². The van der Waals surface area contributed by atoms with Crippen LogP contribution in [0.25, 0.3) is 0 Å². The predicted octanol–water partition coefficient (Wildman–Crippen LogP) is 2.68. The van der Waals surface area contributed by atoms with E-state index >= 15 is 0 Å². The van der Waals surface area contributed by atoms with Crippen molar-refractivity contribution < 1.29 is 0 Å². The summed E-state index contributed by atoms with van der Waals surface area (Å²) in [5.41, 5.74) is 0. The topological polar surface area (TPSA) is 56.8 Å². The molecule has 0 radical (unpaired) electrons. The Labute approximate surface area is 127 Å². The molecule has 3 rings (SSSR count). The zero-order valence-corrected chi connectivity index (χ0v) is 13.4. The molecule has 5 nitrogen and oxygen atoms in total. The standard InChI is InChI=1S/C16H29N5/c1-3-5-12(2)15-18-16(20-19-15)21-10-7-13(8-11-21)14-6-4-9-17-14/h12-14,17H,3-11H2,1-2H3,(H,18,19,20). The third-order valence-electron chi connectivity index (χ3n) is 5.17. The molecular weight excluding hydrogens is 262 g/mol. The lowest BCUT2D eigenvalue weighted by Gasteiger charge is -2.34. The Morgan fingerprint density at radius 2 is 2.10 bits per heavy atom. The molecule has 2 atom stereocenters. The fourth-order valence-electron chi connectivity index (χ4n) is 3.81. The number of nitrogens with one attached hydrogen (secondary N) is 2. The second-order valence-corrected chi connectivity index (χ2v) is 6.74. The van der Waals surface area contributed by atoms with Gasteiger partial charge in [0.05, 0.1) is 0 Å². The minimum atomic E-state index is 0.483. The van der Waals surface area contributed by atoms with E-state index in [1.165, 1.54) is 45.1 Å². The summed E-state index contributed by atoms with van der Waals surface area (Å²) >= 11 is 0. The van der Waals surface area contributed by atoms with Crippen LogP contribution in [0.5, 0.6) is 0 Å². The summed E-state index contributed by atoms with van der Waals surface area (Å²) in [6.07, 6.45) is 7.62. The van der Waals surface area contributed by atoms with Crippen molar-refractivity contribution >= 4 is 5.95 Å². The molecule has 1 aromatic heterocycles. The zero-order chi connectivity index (χ0) is 14.7. The molecule has 0 aliphatic carbocycles. The molecule has 21 heavy (non-hydrogen) atoms. The molecule has 2 aliphatic heterocycles. The molecule has 2 fully saturated rings. The Bertz CT molecular complexity index is 430. The SMILES string of the molecule is CCCC(C)c1nc(N2CCC(C3CCCN3)CC2)n[nH]1. The van der Waals surface area contributed by atoms with Gasteiger partial charge < -0.3 is 10.2 Å². The molecule has 2 aliphatic rings. The number of H-pyrrole nitrogens is 1. The van der Waals surface area contributed by atoms with Gasteiger partial charge in [-0.25, -0.2) is 0 Å². The van der Waals surface area contributed by atoms with E-state index in [0.717, 1.165) is 36.8 Å². The molecule has 118 valence electrons. The summed E-state index contributed by atoms with van der Waals surface area (Å²) in [5, 5.41) is 11.2. The summed E-state index contributed by atoms with van der Waals surface area (Å²) < 4.78 is 0. The van der Waals surface area contributed by atoms with Crippen LogP contribution in [0.1, 0.15) is 64.1 Å². The van der Waals surface area contributed by atoms with Crippen molar-refractivity contribution in [3.8, 4) is 0 Å². The zero-order valence-electron chi connectivity index (χ0n) is 13.4. The van der Waals surface area contributed by atoms with E-state index in [1.807, 2.05) is 0 Å². The minimum absolute atomic E-state index is 0.483. The quantitative estimate of drug-likeness (QED) is 0.876. The second kappa shape index (κ2) is 6.77. The van der Waals surface area contributed by atoms with Crippen LogP contribution in [-0.2, 0) is 0 Å². The first kappa shape index (κ1) is 14.8. The highest BCUT2D eigenvalue weighted by Gasteiger charge is 2.29. The maximum absolute atomic E-state index is 4.72. The third kappa shape index (κ3) is 3.39. The predicted molar refractivity (Wildman–Crippen MR) is 85.7 cm³/mol. The van der Waals surface area contributed by atoms with Crippen LogP contribution >= 0.6 is 0 Å². The lowest BCUT2D eigenvalue weighted by molar-refractivity contribution is 0.317. The summed E-state index contributed by atoms with van der Waals surface area (Å²) in [6.45, 7) is 7.86. The first-order chi connectivity index (χ1) is 10.3. The molecule has 0 amide bonds. The second-order valence-electron chi connectivity index (χ2n) is 6.74. The molecule has 3 heterocycles. The average Bonchev–Trinajstić information content (AvgIpc) is 3.19. The van der Waals surface area contributed by atoms with Gasteiger partial charge in [-0.2, -0.15) is 4.98 Å². The normalized spacial score (nSPS) is 25.4. The molecular formula is C16H29N5. The molecule has 1 aromatic rings. The highest BCUT2D eigenvalue weighted by atomic mass is 15.4. The fourth-order valence-corrected chi connectivity index (χ4v) is 3.81. The van der Waals surface area contributed by atoms with Crippen molar-refractivity contribution in [2.24, 2.45) is 5.92 Å². The first-order valence-corrected chi connectivity index (χ1v) is 8.68. The van der Waals surface area contributed by atoms with Crippen molar-refractivity contribution in [3.05, 3.63) is 5.82 Å². The van der Waals surface area contributed by atoms with Crippen LogP contribution in [0.15, 0.2) is 0 Å². The Morgan fingerprint density at radius 3 is 2.76 bits per heavy atom. The maximum atomic E-state index is 4.72. The van der Waals surface area contributed by atoms with Gasteiger partial charge in [-0.3, -0.25) is 5.10 Å². The summed E-state index contributed by atoms with van der Waals surface area (Å²) in [5.74, 6) is 3.29. The number of aromatic nitrogens is 3. The average molecular weight is 291 g/mol. The van der Waals surface area contributed by atoms with Crippen LogP contribution in [0.4, 0.5) is 5.95 Å². The van der Waals surface area contributed by atoms with Gasteiger partial charge in [0.15, 0.2) is 0 Å². The highest BCUT2D eigenvalue weighted by Crippen LogP contribution is 2.27. The molecule has 5 heteroatoms. The molecule has 0 saturated carbocycles. The number of piperidine rings is 1. The number of rotatable bonds is 5. The minimum Gasteiger partial charge on any atom is -0.340 e. The van der Waals surface area contributed by atoms with Gasteiger partial charge in [-0.15, -0.1) is 5.10 Å². The van der Waals surface area contributed by atoms with Crippen LogP contribution in [0.3, 0.4) is 0 Å². The van der Waals surface area contributed by atoms with Gasteiger partial charge >= 0.3 is 0 Å². The van der Waals surface area contributed by atoms with Crippen molar-refractivity contribution in [3.63, 3.8) is 0 Å². The molecule has 0 spiro atoms. The molecule has 2 unspecified atom stereocenters.